The topological polar surface area (TPSA) is 516 Å². The number of aromatic nitrogens is 2. The Morgan fingerprint density at radius 1 is 0.648 bits per heavy atom. The zero-order chi connectivity index (χ0) is 54.1. The molecule has 0 aliphatic carbocycles. The number of H-pyrrole nitrogens is 1. The van der Waals surface area contributed by atoms with Crippen LogP contribution in [-0.2, 0) is 59.2 Å². The Balaban J connectivity index is 2.91. The molecule has 0 saturated carbocycles. The zero-order valence-electron chi connectivity index (χ0n) is 39.7. The highest BCUT2D eigenvalue weighted by Crippen LogP contribution is 2.08. The Labute approximate surface area is 406 Å². The van der Waals surface area contributed by atoms with Crippen LogP contribution in [0.1, 0.15) is 66.0 Å². The van der Waals surface area contributed by atoms with Gasteiger partial charge in [0.15, 0.2) is 5.96 Å². The summed E-state index contributed by atoms with van der Waals surface area (Å²) in [4.78, 5) is 150. The molecule has 0 fully saturated rings. The van der Waals surface area contributed by atoms with E-state index in [1.807, 2.05) is 0 Å². The van der Waals surface area contributed by atoms with E-state index in [9.17, 15) is 73.2 Å². The third-order valence-electron chi connectivity index (χ3n) is 10.0. The second kappa shape index (κ2) is 30.9. The summed E-state index contributed by atoms with van der Waals surface area (Å²) >= 11 is 0. The Hall–Kier alpha value is -7.51. The van der Waals surface area contributed by atoms with Crippen LogP contribution < -0.4 is 65.1 Å². The van der Waals surface area contributed by atoms with E-state index in [1.165, 1.54) is 33.3 Å². The molecule has 0 aromatic carbocycles. The van der Waals surface area contributed by atoms with Gasteiger partial charge in [-0.2, -0.15) is 0 Å². The van der Waals surface area contributed by atoms with Crippen LogP contribution in [0.25, 0.3) is 0 Å². The third kappa shape index (κ3) is 23.1. The van der Waals surface area contributed by atoms with E-state index >= 15 is 0 Å². The van der Waals surface area contributed by atoms with Gasteiger partial charge in [-0.3, -0.25) is 52.9 Å². The maximum Gasteiger partial charge on any atom is 0.326 e. The van der Waals surface area contributed by atoms with Gasteiger partial charge in [0.1, 0.15) is 42.3 Å². The molecule has 0 aliphatic rings. The van der Waals surface area contributed by atoms with E-state index in [0.717, 1.165) is 13.8 Å². The van der Waals surface area contributed by atoms with Crippen molar-refractivity contribution in [3.05, 3.63) is 18.2 Å². The number of carbonyl (C=O) groups excluding carboxylic acids is 9. The van der Waals surface area contributed by atoms with Gasteiger partial charge >= 0.3 is 11.9 Å². The van der Waals surface area contributed by atoms with Crippen molar-refractivity contribution < 1.29 is 78.3 Å². The minimum Gasteiger partial charge on any atom is -0.481 e. The summed E-state index contributed by atoms with van der Waals surface area (Å²) in [5.41, 5.74) is 16.5. The van der Waals surface area contributed by atoms with Crippen LogP contribution in [0.2, 0.25) is 0 Å². The maximum absolute atomic E-state index is 13.8. The van der Waals surface area contributed by atoms with Crippen LogP contribution in [0.15, 0.2) is 17.5 Å². The summed E-state index contributed by atoms with van der Waals surface area (Å²) in [7, 11) is 0. The molecule has 1 aromatic heterocycles. The number of rotatable bonds is 32. The van der Waals surface area contributed by atoms with E-state index in [-0.39, 0.29) is 38.2 Å². The first-order valence-electron chi connectivity index (χ1n) is 22.0. The number of nitrogens with two attached hydrogens (primary N) is 3. The average molecular weight is 1010 g/mol. The molecule has 10 atom stereocenters. The maximum atomic E-state index is 13.8. The van der Waals surface area contributed by atoms with Gasteiger partial charge in [-0.05, 0) is 46.0 Å². The third-order valence-corrected chi connectivity index (χ3v) is 10.0. The zero-order valence-corrected chi connectivity index (χ0v) is 39.7. The van der Waals surface area contributed by atoms with E-state index in [1.54, 1.807) is 0 Å². The average Bonchev–Trinajstić information content (AvgIpc) is 3.81. The molecular formula is C40H67N15O16. The van der Waals surface area contributed by atoms with Gasteiger partial charge in [0.05, 0.1) is 44.3 Å². The van der Waals surface area contributed by atoms with Crippen molar-refractivity contribution in [1.29, 1.82) is 0 Å². The number of nitrogens with one attached hydrogen (secondary N) is 10. The highest BCUT2D eigenvalue weighted by atomic mass is 16.4. The van der Waals surface area contributed by atoms with Gasteiger partial charge in [-0.1, -0.05) is 13.8 Å². The summed E-state index contributed by atoms with van der Waals surface area (Å²) < 4.78 is 0. The number of imidazole rings is 1. The molecule has 71 heavy (non-hydrogen) atoms. The minimum absolute atomic E-state index is 0.0543. The fourth-order valence-electron chi connectivity index (χ4n) is 6.00. The molecule has 31 nitrogen and oxygen atoms in total. The minimum atomic E-state index is -1.73. The number of aliphatic hydroxyl groups excluding tert-OH is 3. The number of nitrogens with zero attached hydrogens (tertiary/aromatic N) is 2. The molecule has 0 saturated heterocycles. The molecule has 0 aliphatic heterocycles. The quantitative estimate of drug-likeness (QED) is 0.0181. The standard InChI is InChI=1S/C40H67N15O16/c1-17(2)29(53-34(65)24(11-21-12-44-16-48-21)52-38(69)31(20(5)58)54-33(64)22(41)8-9-28(61)62)37(68)55-30(19(4)57)36(67)47-13-26(59)46-14-27(60)50-25(15-56)35(66)49-18(3)32(63)51-23(39(70)71)7-6-10-45-40(42)43/h12,16-20,22-25,29-31,56-58H,6-11,13-15,41H2,1-5H3,(H,44,48)(H,46,59)(H,47,67)(H,49,66)(H,50,60)(H,51,63)(H,52,69)(H,53,65)(H,54,64)(H,55,68)(H,61,62)(H,70,71)(H4,42,43,45)/t18-,19+,20+,22-,23-,24-,25-,29-,30-,31-/m0/s1. The monoisotopic (exact) mass is 1010 g/mol. The van der Waals surface area contributed by atoms with Gasteiger partial charge in [0, 0.05) is 31.3 Å². The summed E-state index contributed by atoms with van der Waals surface area (Å²) in [5, 5.41) is 69.2. The Morgan fingerprint density at radius 3 is 1.73 bits per heavy atom. The number of guanidine groups is 1. The Kier molecular flexibility index (Phi) is 26.7. The molecule has 21 N–H and O–H groups in total. The Morgan fingerprint density at radius 2 is 1.20 bits per heavy atom. The van der Waals surface area contributed by atoms with Crippen molar-refractivity contribution in [3.8, 4) is 0 Å². The molecule has 9 amide bonds. The molecule has 1 aromatic rings. The number of hydrogen-bond donors (Lipinski definition) is 18. The summed E-state index contributed by atoms with van der Waals surface area (Å²) in [6.07, 6.45) is -1.38. The number of aromatic amines is 1. The first-order valence-corrected chi connectivity index (χ1v) is 22.0. The van der Waals surface area contributed by atoms with E-state index in [0.29, 0.717) is 5.69 Å². The number of amides is 9. The van der Waals surface area contributed by atoms with E-state index < -0.39 is 158 Å². The fourth-order valence-corrected chi connectivity index (χ4v) is 6.00. The molecule has 0 unspecified atom stereocenters. The first kappa shape index (κ1) is 61.5. The lowest BCUT2D eigenvalue weighted by Gasteiger charge is -2.29. The lowest BCUT2D eigenvalue weighted by molar-refractivity contribution is -0.142. The molecule has 0 spiro atoms. The van der Waals surface area contributed by atoms with Crippen molar-refractivity contribution in [2.45, 2.75) is 127 Å². The van der Waals surface area contributed by atoms with Crippen molar-refractivity contribution in [3.63, 3.8) is 0 Å². The number of aliphatic carboxylic acids is 2. The van der Waals surface area contributed by atoms with Crippen LogP contribution in [0.4, 0.5) is 0 Å². The van der Waals surface area contributed by atoms with Crippen LogP contribution in [0.3, 0.4) is 0 Å². The molecule has 31 heteroatoms. The van der Waals surface area contributed by atoms with Crippen molar-refractivity contribution in [1.82, 2.24) is 57.8 Å². The van der Waals surface area contributed by atoms with Crippen LogP contribution in [0.5, 0.6) is 0 Å². The summed E-state index contributed by atoms with van der Waals surface area (Å²) in [6.45, 7) is 4.09. The molecule has 0 bridgehead atoms. The number of carboxylic acid groups (broad SMARTS) is 2. The molecule has 1 rings (SSSR count). The lowest BCUT2D eigenvalue weighted by atomic mass is 10.0. The van der Waals surface area contributed by atoms with Crippen molar-refractivity contribution >= 4 is 71.1 Å². The predicted molar refractivity (Wildman–Crippen MR) is 245 cm³/mol. The first-order chi connectivity index (χ1) is 33.2. The largest absolute Gasteiger partial charge is 0.481 e. The summed E-state index contributed by atoms with van der Waals surface area (Å²) in [6, 6.07) is -12.0. The van der Waals surface area contributed by atoms with Crippen molar-refractivity contribution in [2.24, 2.45) is 28.1 Å². The van der Waals surface area contributed by atoms with E-state index in [4.69, 9.17) is 22.3 Å². The SMILES string of the molecule is CC(C)[C@H](NC(=O)[C@H](Cc1cnc[nH]1)NC(=O)[C@@H](NC(=O)[C@@H](N)CCC(=O)O)[C@@H](C)O)C(=O)N[C@H](C(=O)NCC(=O)NCC(=O)N[C@@H](CO)C(=O)N[C@@H](C)C(=O)N[C@@H](CCCN=C(N)N)C(=O)O)[C@@H](C)O. The van der Waals surface area contributed by atoms with Crippen LogP contribution in [0, 0.1) is 5.92 Å². The Bertz CT molecular complexity index is 2030. The smallest absolute Gasteiger partial charge is 0.326 e. The molecule has 1 heterocycles. The second-order valence-corrected chi connectivity index (χ2v) is 16.4. The second-order valence-electron chi connectivity index (χ2n) is 16.4. The van der Waals surface area contributed by atoms with Crippen LogP contribution in [-0.4, -0.2) is 193 Å². The predicted octanol–water partition coefficient (Wildman–Crippen LogP) is -8.66. The van der Waals surface area contributed by atoms with Crippen LogP contribution >= 0.6 is 0 Å². The van der Waals surface area contributed by atoms with Gasteiger partial charge < -0.3 is 95.6 Å². The van der Waals surface area contributed by atoms with Crippen molar-refractivity contribution in [2.75, 3.05) is 26.2 Å². The number of carbonyl (C=O) groups is 11. The molecule has 398 valence electrons. The molecular weight excluding hydrogens is 947 g/mol. The number of aliphatic imine (C=N–C) groups is 1. The normalized spacial score (nSPS) is 15.2. The lowest BCUT2D eigenvalue weighted by Crippen LogP contribution is -2.62. The molecule has 0 radical (unpaired) electrons. The highest BCUT2D eigenvalue weighted by Gasteiger charge is 2.36. The van der Waals surface area contributed by atoms with Gasteiger partial charge in [0.25, 0.3) is 0 Å². The highest BCUT2D eigenvalue weighted by molar-refractivity contribution is 5.98. The number of aliphatic hydroxyl groups is 3. The number of hydrogen-bond acceptors (Lipinski definition) is 17. The van der Waals surface area contributed by atoms with Gasteiger partial charge in [0.2, 0.25) is 53.2 Å². The van der Waals surface area contributed by atoms with Gasteiger partial charge in [-0.15, -0.1) is 0 Å². The summed E-state index contributed by atoms with van der Waals surface area (Å²) in [5.74, 6) is -12.5. The van der Waals surface area contributed by atoms with E-state index in [2.05, 4.69) is 62.8 Å². The fraction of sp³-hybridized carbons (Fsp3) is 0.625. The number of carboxylic acids is 2. The van der Waals surface area contributed by atoms with Gasteiger partial charge in [-0.25, -0.2) is 9.78 Å².